The van der Waals surface area contributed by atoms with Gasteiger partial charge in [0.1, 0.15) is 0 Å². The molecule has 0 heterocycles. The molecule has 44 heavy (non-hydrogen) atoms. The molecule has 0 aromatic carbocycles. The van der Waals surface area contributed by atoms with E-state index in [0.717, 1.165) is 36.0 Å². The van der Waals surface area contributed by atoms with Crippen molar-refractivity contribution in [2.24, 2.45) is 52.3 Å². The van der Waals surface area contributed by atoms with Crippen LogP contribution >= 0.6 is 0 Å². The number of hydrogen-bond acceptors (Lipinski definition) is 3. The van der Waals surface area contributed by atoms with E-state index in [-0.39, 0.29) is 17.1 Å². The van der Waals surface area contributed by atoms with Crippen LogP contribution in [0, 0.1) is 52.3 Å². The van der Waals surface area contributed by atoms with Crippen molar-refractivity contribution in [1.29, 1.82) is 0 Å². The summed E-state index contributed by atoms with van der Waals surface area (Å²) >= 11 is 0. The van der Waals surface area contributed by atoms with Crippen molar-refractivity contribution in [2.45, 2.75) is 176 Å². The van der Waals surface area contributed by atoms with Gasteiger partial charge >= 0.3 is 0 Å². The zero-order chi connectivity index (χ0) is 33.1. The number of hydrogen-bond donors (Lipinski definition) is 0. The summed E-state index contributed by atoms with van der Waals surface area (Å²) in [7, 11) is -5.38. The molecular weight excluding hydrogens is 589 g/mol. The quantitative estimate of drug-likeness (QED) is 0.163. The van der Waals surface area contributed by atoms with Crippen molar-refractivity contribution < 1.29 is 13.3 Å². The lowest BCUT2D eigenvalue weighted by atomic mass is 9.42. The molecule has 3 unspecified atom stereocenters. The first-order valence-corrected chi connectivity index (χ1v) is 29.0. The maximum Gasteiger partial charge on any atom is 0.184 e. The summed E-state index contributed by atoms with van der Waals surface area (Å²) in [5, 5.41) is 0. The van der Waals surface area contributed by atoms with E-state index in [0.29, 0.717) is 23.4 Å². The van der Waals surface area contributed by atoms with Gasteiger partial charge in [-0.05, 0) is 157 Å². The summed E-state index contributed by atoms with van der Waals surface area (Å²) in [6.07, 6.45) is 17.1. The third-order valence-corrected chi connectivity index (χ3v) is 16.0. The summed E-state index contributed by atoms with van der Waals surface area (Å²) in [4.78, 5) is 0. The van der Waals surface area contributed by atoms with E-state index >= 15 is 0 Å². The van der Waals surface area contributed by atoms with Gasteiger partial charge in [0.15, 0.2) is 25.0 Å². The van der Waals surface area contributed by atoms with E-state index in [1.807, 2.05) is 0 Å². The molecule has 4 fully saturated rings. The molecular formula is C38H74O3Si3. The standard InChI is InChI=1S/C38H74O3Si3/c1-16-29(27(2)3)18-17-28(4)32-19-20-33-31-25-35(40-43(10,11)12)38(41-44(13,14)15)26-30(39-42(7,8)9)21-24-37(38,6)34(31)22-23-36(32,33)5/h17-18,27-35H,16,19-26H2,1-15H3/b18-17+/t28-,29-,30+,31?,32-,33?,34?,35-,36-,37-,38+/m1/s1. The van der Waals surface area contributed by atoms with Crippen LogP contribution in [-0.2, 0) is 13.3 Å². The number of rotatable bonds is 11. The smallest absolute Gasteiger partial charge is 0.184 e. The topological polar surface area (TPSA) is 27.7 Å². The lowest BCUT2D eigenvalue weighted by molar-refractivity contribution is -0.250. The summed E-state index contributed by atoms with van der Waals surface area (Å²) in [5.41, 5.74) is 0.327. The Morgan fingerprint density at radius 3 is 1.93 bits per heavy atom. The zero-order valence-corrected chi connectivity index (χ0v) is 34.9. The molecule has 0 bridgehead atoms. The van der Waals surface area contributed by atoms with E-state index < -0.39 is 25.0 Å². The third kappa shape index (κ3) is 7.46. The van der Waals surface area contributed by atoms with Crippen LogP contribution < -0.4 is 0 Å². The molecule has 0 N–H and O–H groups in total. The predicted octanol–water partition coefficient (Wildman–Crippen LogP) is 11.5. The highest BCUT2D eigenvalue weighted by Gasteiger charge is 2.70. The molecule has 4 aliphatic carbocycles. The fourth-order valence-electron chi connectivity index (χ4n) is 11.3. The Balaban J connectivity index is 1.72. The van der Waals surface area contributed by atoms with Crippen LogP contribution in [0.4, 0.5) is 0 Å². The monoisotopic (exact) mass is 662 g/mol. The molecule has 0 amide bonds. The molecule has 4 rings (SSSR count). The van der Waals surface area contributed by atoms with Crippen molar-refractivity contribution in [2.75, 3.05) is 0 Å². The SMILES string of the molecule is CC[C@H](/C=C/[C@@H](C)[C@H]1CCC2C3C[C@@H](O[Si](C)(C)C)[C@@]4(O[Si](C)(C)C)C[C@@H](O[Si](C)(C)C)CC[C@]4(C)C3CC[C@@]21C)C(C)C. The lowest BCUT2D eigenvalue weighted by Crippen LogP contribution is -2.73. The van der Waals surface area contributed by atoms with Gasteiger partial charge in [0, 0.05) is 17.9 Å². The van der Waals surface area contributed by atoms with E-state index in [4.69, 9.17) is 13.3 Å². The number of allylic oxidation sites excluding steroid dienone is 2. The van der Waals surface area contributed by atoms with Gasteiger partial charge < -0.3 is 13.3 Å². The Hall–Kier alpha value is 0.271. The third-order valence-electron chi connectivity index (χ3n) is 12.9. The highest BCUT2D eigenvalue weighted by Crippen LogP contribution is 2.70. The highest BCUT2D eigenvalue weighted by molar-refractivity contribution is 6.70. The molecule has 3 nitrogen and oxygen atoms in total. The van der Waals surface area contributed by atoms with Gasteiger partial charge in [-0.2, -0.15) is 0 Å². The lowest BCUT2D eigenvalue weighted by Gasteiger charge is -2.69. The van der Waals surface area contributed by atoms with Gasteiger partial charge in [-0.1, -0.05) is 53.7 Å². The van der Waals surface area contributed by atoms with Crippen molar-refractivity contribution in [3.63, 3.8) is 0 Å². The van der Waals surface area contributed by atoms with Crippen LogP contribution in [0.2, 0.25) is 58.9 Å². The van der Waals surface area contributed by atoms with Crippen molar-refractivity contribution in [3.05, 3.63) is 12.2 Å². The summed E-state index contributed by atoms with van der Waals surface area (Å²) in [6, 6.07) is 0. The molecule has 11 atom stereocenters. The summed E-state index contributed by atoms with van der Waals surface area (Å²) < 4.78 is 22.0. The van der Waals surface area contributed by atoms with Gasteiger partial charge in [0.05, 0.1) is 11.7 Å². The Bertz CT molecular complexity index is 1010. The first kappa shape index (κ1) is 37.1. The van der Waals surface area contributed by atoms with E-state index in [1.165, 1.54) is 51.4 Å². The van der Waals surface area contributed by atoms with Gasteiger partial charge in [0.25, 0.3) is 0 Å². The second-order valence-electron chi connectivity index (χ2n) is 19.7. The van der Waals surface area contributed by atoms with Crippen LogP contribution in [0.5, 0.6) is 0 Å². The minimum Gasteiger partial charge on any atom is -0.415 e. The Labute approximate surface area is 277 Å². The molecule has 0 radical (unpaired) electrons. The zero-order valence-electron chi connectivity index (χ0n) is 31.9. The molecule has 0 saturated heterocycles. The second kappa shape index (κ2) is 12.9. The van der Waals surface area contributed by atoms with Crippen molar-refractivity contribution >= 4 is 25.0 Å². The maximum absolute atomic E-state index is 7.67. The molecule has 256 valence electrons. The van der Waals surface area contributed by atoms with Gasteiger partial charge in [-0.25, -0.2) is 0 Å². The van der Waals surface area contributed by atoms with Gasteiger partial charge in [0.2, 0.25) is 0 Å². The Morgan fingerprint density at radius 1 is 0.750 bits per heavy atom. The summed E-state index contributed by atoms with van der Waals surface area (Å²) in [5.74, 6) is 5.15. The van der Waals surface area contributed by atoms with Gasteiger partial charge in [-0.15, -0.1) is 0 Å². The van der Waals surface area contributed by atoms with Crippen LogP contribution in [0.3, 0.4) is 0 Å². The van der Waals surface area contributed by atoms with Crippen molar-refractivity contribution in [3.8, 4) is 0 Å². The average molecular weight is 663 g/mol. The van der Waals surface area contributed by atoms with E-state index in [9.17, 15) is 0 Å². The fourth-order valence-corrected chi connectivity index (χ4v) is 15.2. The van der Waals surface area contributed by atoms with Crippen LogP contribution in [0.25, 0.3) is 0 Å². The second-order valence-corrected chi connectivity index (χ2v) is 33.1. The average Bonchev–Trinajstić information content (AvgIpc) is 3.20. The molecule has 0 spiro atoms. The number of fused-ring (bicyclic) bond motifs is 5. The van der Waals surface area contributed by atoms with Crippen LogP contribution in [-0.4, -0.2) is 42.8 Å². The minimum absolute atomic E-state index is 0.135. The Morgan fingerprint density at radius 2 is 1.39 bits per heavy atom. The molecule has 0 aromatic rings. The highest BCUT2D eigenvalue weighted by atomic mass is 28.4. The normalized spacial score (nSPS) is 41.4. The van der Waals surface area contributed by atoms with Crippen molar-refractivity contribution in [1.82, 2.24) is 0 Å². The van der Waals surface area contributed by atoms with Crippen LogP contribution in [0.1, 0.15) is 99.3 Å². The molecule has 0 aliphatic heterocycles. The minimum atomic E-state index is -1.88. The van der Waals surface area contributed by atoms with E-state index in [2.05, 4.69) is 113 Å². The Kier molecular flexibility index (Phi) is 10.9. The molecule has 6 heteroatoms. The van der Waals surface area contributed by atoms with E-state index in [1.54, 1.807) is 0 Å². The first-order valence-electron chi connectivity index (χ1n) is 18.8. The molecule has 4 saturated carbocycles. The maximum atomic E-state index is 7.67. The summed E-state index contributed by atoms with van der Waals surface area (Å²) in [6.45, 7) is 36.6. The molecule has 0 aromatic heterocycles. The fraction of sp³-hybridized carbons (Fsp3) is 0.947. The largest absolute Gasteiger partial charge is 0.415 e. The van der Waals surface area contributed by atoms with Gasteiger partial charge in [-0.3, -0.25) is 0 Å². The van der Waals surface area contributed by atoms with Crippen LogP contribution in [0.15, 0.2) is 12.2 Å². The first-order chi connectivity index (χ1) is 20.1. The molecule has 4 aliphatic rings. The predicted molar refractivity (Wildman–Crippen MR) is 198 cm³/mol.